The van der Waals surface area contributed by atoms with Gasteiger partial charge in [0.15, 0.2) is 0 Å². The lowest BCUT2D eigenvalue weighted by Gasteiger charge is -2.22. The molecule has 1 fully saturated rings. The lowest BCUT2D eigenvalue weighted by molar-refractivity contribution is 0.129. The highest BCUT2D eigenvalue weighted by molar-refractivity contribution is 7.86. The third-order valence-electron chi connectivity index (χ3n) is 2.76. The second-order valence-electron chi connectivity index (χ2n) is 4.71. The highest BCUT2D eigenvalue weighted by Crippen LogP contribution is 2.21. The first kappa shape index (κ1) is 12.1. The average Bonchev–Trinajstić information content (AvgIpc) is 2.17. The Morgan fingerprint density at radius 3 is 2.71 bits per heavy atom. The fraction of sp³-hybridized carbons (Fsp3) is 1.00. The average molecular weight is 219 g/mol. The van der Waals surface area contributed by atoms with Crippen LogP contribution in [0, 0.1) is 0 Å². The summed E-state index contributed by atoms with van der Waals surface area (Å²) in [6, 6.07) is 0. The van der Waals surface area contributed by atoms with Crippen LogP contribution in [0.5, 0.6) is 0 Å². The van der Waals surface area contributed by atoms with Crippen molar-refractivity contribution in [1.29, 1.82) is 0 Å². The molecule has 0 aromatic rings. The van der Waals surface area contributed by atoms with Crippen molar-refractivity contribution in [1.82, 2.24) is 4.90 Å². The van der Waals surface area contributed by atoms with Gasteiger partial charge in [0, 0.05) is 34.4 Å². The number of hydrogen-bond donors (Lipinski definition) is 1. The predicted octanol–water partition coefficient (Wildman–Crippen LogP) is 0.600. The zero-order chi connectivity index (χ0) is 10.8. The first-order chi connectivity index (χ1) is 6.42. The maximum atomic E-state index is 11.8. The van der Waals surface area contributed by atoms with Gasteiger partial charge in [0.05, 0.1) is 6.10 Å². The van der Waals surface area contributed by atoms with Gasteiger partial charge in [-0.15, -0.1) is 0 Å². The minimum Gasteiger partial charge on any atom is -0.392 e. The molecular weight excluding hydrogens is 198 g/mol. The van der Waals surface area contributed by atoms with E-state index in [4.69, 9.17) is 0 Å². The molecule has 0 saturated carbocycles. The monoisotopic (exact) mass is 219 g/mol. The second kappa shape index (κ2) is 4.73. The van der Waals surface area contributed by atoms with Crippen LogP contribution in [-0.2, 0) is 10.8 Å². The molecule has 84 valence electrons. The molecule has 14 heavy (non-hydrogen) atoms. The van der Waals surface area contributed by atoms with Crippen molar-refractivity contribution in [3.63, 3.8) is 0 Å². The molecule has 1 rings (SSSR count). The topological polar surface area (TPSA) is 40.5 Å². The van der Waals surface area contributed by atoms with Crippen LogP contribution in [0.1, 0.15) is 27.2 Å². The lowest BCUT2D eigenvalue weighted by atomic mass is 10.1. The Balaban J connectivity index is 2.52. The second-order valence-corrected chi connectivity index (χ2v) is 6.91. The van der Waals surface area contributed by atoms with Crippen LogP contribution in [0.4, 0.5) is 0 Å². The quantitative estimate of drug-likeness (QED) is 0.739. The predicted molar refractivity (Wildman–Crippen MR) is 59.8 cm³/mol. The van der Waals surface area contributed by atoms with Crippen molar-refractivity contribution in [3.05, 3.63) is 0 Å². The highest BCUT2D eigenvalue weighted by Gasteiger charge is 2.29. The van der Waals surface area contributed by atoms with Gasteiger partial charge in [-0.3, -0.25) is 9.11 Å². The van der Waals surface area contributed by atoms with Crippen LogP contribution in [0.15, 0.2) is 0 Å². The van der Waals surface area contributed by atoms with Crippen LogP contribution in [0.2, 0.25) is 0 Å². The maximum Gasteiger partial charge on any atom is 0.0639 e. The zero-order valence-electron chi connectivity index (χ0n) is 9.32. The molecule has 1 heterocycles. The smallest absolute Gasteiger partial charge is 0.0639 e. The molecule has 3 nitrogen and oxygen atoms in total. The molecule has 0 radical (unpaired) electrons. The molecular formula is C10H21NO2S. The Morgan fingerprint density at radius 1 is 1.50 bits per heavy atom. The number of hydrogen-bond acceptors (Lipinski definition) is 3. The summed E-state index contributed by atoms with van der Waals surface area (Å²) in [6.45, 7) is 8.43. The number of aliphatic hydroxyl groups excluding tert-OH is 1. The van der Waals surface area contributed by atoms with Crippen molar-refractivity contribution in [2.24, 2.45) is 0 Å². The van der Waals surface area contributed by atoms with E-state index in [0.717, 1.165) is 25.3 Å². The van der Waals surface area contributed by atoms with Gasteiger partial charge in [0.1, 0.15) is 0 Å². The molecule has 0 aromatic heterocycles. The van der Waals surface area contributed by atoms with Crippen LogP contribution in [0.25, 0.3) is 0 Å². The maximum absolute atomic E-state index is 11.8. The van der Waals surface area contributed by atoms with Crippen LogP contribution >= 0.6 is 0 Å². The Kier molecular flexibility index (Phi) is 4.10. The number of β-amino-alcohol motifs (C(OH)–C–C–N with tert-alkyl or cyclic N) is 1. The molecule has 1 unspecified atom stereocenters. The van der Waals surface area contributed by atoms with Crippen LogP contribution in [0.3, 0.4) is 0 Å². The Hall–Kier alpha value is 0.0700. The molecule has 1 N–H and O–H groups in total. The van der Waals surface area contributed by atoms with Gasteiger partial charge in [0.25, 0.3) is 0 Å². The molecule has 0 spiro atoms. The lowest BCUT2D eigenvalue weighted by Crippen LogP contribution is -2.33. The van der Waals surface area contributed by atoms with E-state index in [1.807, 2.05) is 0 Å². The van der Waals surface area contributed by atoms with Crippen molar-refractivity contribution in [2.45, 2.75) is 38.0 Å². The third kappa shape index (κ3) is 3.33. The van der Waals surface area contributed by atoms with Crippen molar-refractivity contribution >= 4 is 10.8 Å². The third-order valence-corrected chi connectivity index (χ3v) is 4.75. The summed E-state index contributed by atoms with van der Waals surface area (Å²) in [4.78, 5) is 2.21. The first-order valence-electron chi connectivity index (χ1n) is 5.21. The highest BCUT2D eigenvalue weighted by atomic mass is 32.2. The van der Waals surface area contributed by atoms with E-state index in [2.05, 4.69) is 18.7 Å². The molecule has 4 heteroatoms. The van der Waals surface area contributed by atoms with Gasteiger partial charge in [-0.05, 0) is 33.7 Å². The van der Waals surface area contributed by atoms with E-state index in [1.54, 1.807) is 6.92 Å². The largest absolute Gasteiger partial charge is 0.392 e. The molecule has 0 bridgehead atoms. The number of rotatable bonds is 2. The van der Waals surface area contributed by atoms with Crippen molar-refractivity contribution in [3.8, 4) is 0 Å². The Labute approximate surface area is 88.9 Å². The standard InChI is InChI=1S/C10H21NO2S/c1-9(12)8-11-5-4-10(2,3)14(13)7-6-11/h9,12H,4-8H2,1-3H3/t9-,14?/m1/s1. The van der Waals surface area contributed by atoms with E-state index in [-0.39, 0.29) is 10.9 Å². The molecule has 1 aliphatic heterocycles. The van der Waals surface area contributed by atoms with E-state index in [9.17, 15) is 9.32 Å². The van der Waals surface area contributed by atoms with Gasteiger partial charge >= 0.3 is 0 Å². The summed E-state index contributed by atoms with van der Waals surface area (Å²) in [6.07, 6.45) is 0.663. The van der Waals surface area contributed by atoms with Crippen molar-refractivity contribution in [2.75, 3.05) is 25.4 Å². The van der Waals surface area contributed by atoms with Gasteiger partial charge < -0.3 is 5.11 Å². The first-order valence-corrected chi connectivity index (χ1v) is 6.52. The summed E-state index contributed by atoms with van der Waals surface area (Å²) >= 11 is 0. The summed E-state index contributed by atoms with van der Waals surface area (Å²) < 4.78 is 11.7. The number of nitrogens with zero attached hydrogens (tertiary/aromatic N) is 1. The summed E-state index contributed by atoms with van der Waals surface area (Å²) in [5.41, 5.74) is 0. The molecule has 1 saturated heterocycles. The minimum atomic E-state index is -0.727. The molecule has 0 amide bonds. The van der Waals surface area contributed by atoms with Crippen LogP contribution in [-0.4, -0.2) is 50.5 Å². The fourth-order valence-corrected chi connectivity index (χ4v) is 2.99. The molecule has 0 aromatic carbocycles. The summed E-state index contributed by atoms with van der Waals surface area (Å²) in [5, 5.41) is 9.27. The van der Waals surface area contributed by atoms with E-state index >= 15 is 0 Å². The normalized spacial score (nSPS) is 31.0. The molecule has 0 aliphatic carbocycles. The minimum absolute atomic E-state index is 0.0621. The molecule has 2 atom stereocenters. The Morgan fingerprint density at radius 2 is 2.14 bits per heavy atom. The van der Waals surface area contributed by atoms with Crippen molar-refractivity contribution < 1.29 is 9.32 Å². The van der Waals surface area contributed by atoms with Gasteiger partial charge in [0.2, 0.25) is 0 Å². The number of aliphatic hydroxyl groups is 1. The van der Waals surface area contributed by atoms with E-state index in [1.165, 1.54) is 0 Å². The van der Waals surface area contributed by atoms with Gasteiger partial charge in [-0.1, -0.05) is 0 Å². The summed E-state index contributed by atoms with van der Waals surface area (Å²) in [7, 11) is -0.727. The fourth-order valence-electron chi connectivity index (χ4n) is 1.70. The summed E-state index contributed by atoms with van der Waals surface area (Å²) in [5.74, 6) is 0.736. The molecule has 1 aliphatic rings. The van der Waals surface area contributed by atoms with Gasteiger partial charge in [-0.2, -0.15) is 0 Å². The van der Waals surface area contributed by atoms with E-state index in [0.29, 0.717) is 6.54 Å². The van der Waals surface area contributed by atoms with Gasteiger partial charge in [-0.25, -0.2) is 0 Å². The van der Waals surface area contributed by atoms with Crippen LogP contribution < -0.4 is 0 Å². The van der Waals surface area contributed by atoms with E-state index < -0.39 is 10.8 Å². The SMILES string of the molecule is C[C@@H](O)CN1CCS(=O)C(C)(C)CC1. The zero-order valence-corrected chi connectivity index (χ0v) is 10.1. The Bertz CT molecular complexity index is 216.